The third kappa shape index (κ3) is 5.93. The van der Waals surface area contributed by atoms with Crippen LogP contribution in [-0.2, 0) is 23.1 Å². The molecule has 2 aliphatic rings. The highest BCUT2D eigenvalue weighted by Crippen LogP contribution is 2.35. The van der Waals surface area contributed by atoms with Gasteiger partial charge in [0.05, 0.1) is 17.9 Å². The summed E-state index contributed by atoms with van der Waals surface area (Å²) in [4.78, 5) is 37.7. The Labute approximate surface area is 234 Å². The van der Waals surface area contributed by atoms with Gasteiger partial charge in [0, 0.05) is 45.1 Å². The van der Waals surface area contributed by atoms with Crippen LogP contribution in [0.4, 0.5) is 5.95 Å². The van der Waals surface area contributed by atoms with Crippen LogP contribution in [0, 0.1) is 0 Å². The fourth-order valence-corrected chi connectivity index (χ4v) is 4.82. The summed E-state index contributed by atoms with van der Waals surface area (Å²) in [5, 5.41) is 18.3. The van der Waals surface area contributed by atoms with Gasteiger partial charge in [0.15, 0.2) is 17.8 Å². The molecule has 0 saturated carbocycles. The highest BCUT2D eigenvalue weighted by molar-refractivity contribution is 6.44. The van der Waals surface area contributed by atoms with Crippen molar-refractivity contribution in [3.8, 4) is 17.1 Å². The number of rotatable bonds is 9. The maximum atomic E-state index is 13.1. The maximum absolute atomic E-state index is 13.1. The molecule has 1 aromatic carbocycles. The van der Waals surface area contributed by atoms with E-state index >= 15 is 0 Å². The van der Waals surface area contributed by atoms with E-state index in [1.165, 1.54) is 6.20 Å². The molecule has 1 amide bonds. The molecular formula is C29H37N7O4. The molecule has 0 unspecified atom stereocenters. The molecule has 0 radical (unpaired) electrons. The zero-order chi connectivity index (χ0) is 28.8. The van der Waals surface area contributed by atoms with Crippen molar-refractivity contribution in [2.75, 3.05) is 38.1 Å². The number of amides is 1. The number of nitrogens with one attached hydrogen (secondary N) is 1. The molecule has 2 aliphatic heterocycles. The van der Waals surface area contributed by atoms with Crippen LogP contribution in [0.15, 0.2) is 58.7 Å². The first kappa shape index (κ1) is 28.6. The van der Waals surface area contributed by atoms with E-state index in [0.717, 1.165) is 36.0 Å². The number of nitrogens with zero attached hydrogens (tertiary/aromatic N) is 6. The van der Waals surface area contributed by atoms with E-state index in [0.29, 0.717) is 67.9 Å². The second-order valence-corrected chi connectivity index (χ2v) is 9.88. The number of benzene rings is 1. The third-order valence-corrected chi connectivity index (χ3v) is 7.00. The number of aryl methyl sites for hydroxylation is 2. The number of carbonyl (C=O) groups is 2. The van der Waals surface area contributed by atoms with Gasteiger partial charge in [-0.2, -0.15) is 4.98 Å². The molecule has 0 spiro atoms. The normalized spacial score (nSPS) is 15.9. The number of para-hydroxylation sites is 1. The molecule has 1 aromatic heterocycles. The number of ether oxygens (including phenoxy) is 1. The lowest BCUT2D eigenvalue weighted by molar-refractivity contribution is -0.125. The molecule has 3 heterocycles. The molecule has 4 rings (SSSR count). The van der Waals surface area contributed by atoms with E-state index in [2.05, 4.69) is 28.1 Å². The molecule has 40 heavy (non-hydrogen) atoms. The number of anilines is 1. The number of aliphatic imine (C=N–C) groups is 1. The van der Waals surface area contributed by atoms with Crippen molar-refractivity contribution in [2.45, 2.75) is 40.0 Å². The van der Waals surface area contributed by atoms with Crippen molar-refractivity contribution in [1.29, 1.82) is 0 Å². The summed E-state index contributed by atoms with van der Waals surface area (Å²) in [7, 11) is 1.80. The van der Waals surface area contributed by atoms with Gasteiger partial charge in [-0.05, 0) is 50.3 Å². The number of piperazine rings is 1. The zero-order valence-electron chi connectivity index (χ0n) is 23.6. The first-order chi connectivity index (χ1) is 19.3. The maximum Gasteiger partial charge on any atom is 0.276 e. The molecule has 0 bridgehead atoms. The monoisotopic (exact) mass is 547 g/mol. The lowest BCUT2D eigenvalue weighted by atomic mass is 10.0. The Balaban J connectivity index is 1.52. The van der Waals surface area contributed by atoms with Crippen LogP contribution in [0.2, 0.25) is 0 Å². The molecule has 212 valence electrons. The first-order valence-corrected chi connectivity index (χ1v) is 13.5. The number of hydrogen-bond acceptors (Lipinski definition) is 9. The summed E-state index contributed by atoms with van der Waals surface area (Å²) < 4.78 is 7.60. The van der Waals surface area contributed by atoms with Gasteiger partial charge in [-0.1, -0.05) is 25.6 Å². The van der Waals surface area contributed by atoms with Gasteiger partial charge in [-0.15, -0.1) is 5.10 Å². The smallest absolute Gasteiger partial charge is 0.276 e. The molecular weight excluding hydrogens is 510 g/mol. The van der Waals surface area contributed by atoms with Crippen LogP contribution in [0.1, 0.15) is 39.2 Å². The standard InChI is InChI=1S/C29H37N7O4/c1-6-22(31-29-32-27(33-34(29)5)21-12-8-10-20-11-9-17-40-26(20)21)23(18-37)35-13-15-36(16-14-35)28(39)24(30-7-2)25(38)19(3)4/h7-8,10,12,18,38H,2,6,9,11,13-17H2,1,3-5H3,(H,31,32,33)/b23-22+,30-24?. The quantitative estimate of drug-likeness (QED) is 0.211. The highest BCUT2D eigenvalue weighted by atomic mass is 16.5. The summed E-state index contributed by atoms with van der Waals surface area (Å²) in [6.45, 7) is 11.2. The summed E-state index contributed by atoms with van der Waals surface area (Å²) >= 11 is 0. The Morgan fingerprint density at radius 3 is 2.60 bits per heavy atom. The minimum Gasteiger partial charge on any atom is -0.506 e. The second kappa shape index (κ2) is 12.6. The van der Waals surface area contributed by atoms with Gasteiger partial charge in [0.25, 0.3) is 5.91 Å². The minimum atomic E-state index is -0.373. The van der Waals surface area contributed by atoms with Gasteiger partial charge in [0.1, 0.15) is 11.5 Å². The lowest BCUT2D eigenvalue weighted by Gasteiger charge is -2.36. The van der Waals surface area contributed by atoms with Crippen LogP contribution >= 0.6 is 0 Å². The Bertz CT molecular complexity index is 1380. The number of aromatic nitrogens is 3. The van der Waals surface area contributed by atoms with E-state index in [-0.39, 0.29) is 17.4 Å². The van der Waals surface area contributed by atoms with Gasteiger partial charge in [-0.3, -0.25) is 9.59 Å². The van der Waals surface area contributed by atoms with Gasteiger partial charge in [-0.25, -0.2) is 9.67 Å². The average molecular weight is 548 g/mol. The van der Waals surface area contributed by atoms with E-state index < -0.39 is 0 Å². The zero-order valence-corrected chi connectivity index (χ0v) is 23.6. The molecule has 11 nitrogen and oxygen atoms in total. The summed E-state index contributed by atoms with van der Waals surface area (Å²) in [5.41, 5.74) is 3.76. The Hall–Kier alpha value is -4.41. The van der Waals surface area contributed by atoms with E-state index in [1.807, 2.05) is 24.0 Å². The van der Waals surface area contributed by atoms with E-state index in [4.69, 9.17) is 9.72 Å². The topological polar surface area (TPSA) is 125 Å². The summed E-state index contributed by atoms with van der Waals surface area (Å²) in [6.07, 6.45) is 4.59. The van der Waals surface area contributed by atoms with Gasteiger partial charge in [0.2, 0.25) is 5.95 Å². The predicted molar refractivity (Wildman–Crippen MR) is 154 cm³/mol. The van der Waals surface area contributed by atoms with Gasteiger partial charge >= 0.3 is 0 Å². The van der Waals surface area contributed by atoms with Crippen molar-refractivity contribution in [2.24, 2.45) is 12.0 Å². The molecule has 0 atom stereocenters. The van der Waals surface area contributed by atoms with Crippen molar-refractivity contribution >= 4 is 23.9 Å². The second-order valence-electron chi connectivity index (χ2n) is 9.88. The first-order valence-electron chi connectivity index (χ1n) is 13.5. The lowest BCUT2D eigenvalue weighted by Crippen LogP contribution is -2.51. The molecule has 1 fully saturated rings. The fraction of sp³-hybridized carbons (Fsp3) is 0.414. The summed E-state index contributed by atoms with van der Waals surface area (Å²) in [5.74, 6) is 1.37. The Morgan fingerprint density at radius 1 is 1.23 bits per heavy atom. The van der Waals surface area contributed by atoms with Crippen LogP contribution in [0.3, 0.4) is 0 Å². The minimum absolute atomic E-state index is 0.0336. The Kier molecular flexibility index (Phi) is 9.03. The van der Waals surface area contributed by atoms with E-state index in [9.17, 15) is 14.7 Å². The highest BCUT2D eigenvalue weighted by Gasteiger charge is 2.28. The number of allylic oxidation sites excluding steroid dienone is 3. The predicted octanol–water partition coefficient (Wildman–Crippen LogP) is 3.62. The molecule has 2 N–H and O–H groups in total. The third-order valence-electron chi connectivity index (χ3n) is 7.00. The number of aldehydes is 1. The number of carbonyl (C=O) groups excluding carboxylic acids is 2. The van der Waals surface area contributed by atoms with Crippen LogP contribution in [-0.4, -0.2) is 80.4 Å². The van der Waals surface area contributed by atoms with Crippen molar-refractivity contribution in [1.82, 2.24) is 24.6 Å². The van der Waals surface area contributed by atoms with E-state index in [1.54, 1.807) is 30.5 Å². The fourth-order valence-electron chi connectivity index (χ4n) is 4.82. The van der Waals surface area contributed by atoms with Crippen molar-refractivity contribution < 1.29 is 19.4 Å². The number of fused-ring (bicyclic) bond motifs is 1. The molecule has 2 aromatic rings. The molecule has 0 aliphatic carbocycles. The van der Waals surface area contributed by atoms with Crippen molar-refractivity contribution in [3.05, 3.63) is 59.3 Å². The molecule has 1 saturated heterocycles. The number of aliphatic hydroxyl groups excluding tert-OH is 1. The SMILES string of the molecule is C=CN=C(C(=O)N1CCN(/C(C=O)=C(\CC)Nc2nc(-c3cccc4c3OCCC4)nn2C)CC1)C(O)=C(C)C. The van der Waals surface area contributed by atoms with Crippen LogP contribution in [0.5, 0.6) is 5.75 Å². The molecule has 11 heteroatoms. The Morgan fingerprint density at radius 2 is 1.95 bits per heavy atom. The van der Waals surface area contributed by atoms with Crippen molar-refractivity contribution in [3.63, 3.8) is 0 Å². The van der Waals surface area contributed by atoms with Crippen LogP contribution < -0.4 is 10.1 Å². The van der Waals surface area contributed by atoms with Gasteiger partial charge < -0.3 is 25.0 Å². The largest absolute Gasteiger partial charge is 0.506 e. The van der Waals surface area contributed by atoms with Crippen LogP contribution in [0.25, 0.3) is 11.4 Å². The number of aliphatic hydroxyl groups is 1. The summed E-state index contributed by atoms with van der Waals surface area (Å²) in [6, 6.07) is 6.02. The number of hydrogen-bond donors (Lipinski definition) is 2. The average Bonchev–Trinajstić information content (AvgIpc) is 3.34.